The first-order chi connectivity index (χ1) is 5.74. The Morgan fingerprint density at radius 1 is 1.33 bits per heavy atom. The second-order valence-corrected chi connectivity index (χ2v) is 3.84. The highest BCUT2D eigenvalue weighted by atomic mass is 15.1. The van der Waals surface area contributed by atoms with Gasteiger partial charge in [-0.2, -0.15) is 0 Å². The van der Waals surface area contributed by atoms with Crippen molar-refractivity contribution >= 4 is 0 Å². The second kappa shape index (κ2) is 4.47. The Labute approximate surface area is 75.4 Å². The van der Waals surface area contributed by atoms with Gasteiger partial charge in [0.1, 0.15) is 0 Å². The lowest BCUT2D eigenvalue weighted by molar-refractivity contribution is 0.231. The topological polar surface area (TPSA) is 7.60 Å². The summed E-state index contributed by atoms with van der Waals surface area (Å²) < 4.78 is 0. The monoisotopic (exact) mass is 166 g/mol. The summed E-state index contributed by atoms with van der Waals surface area (Å²) in [7, 11) is 0. The van der Waals surface area contributed by atoms with Gasteiger partial charge in [-0.1, -0.05) is 0 Å². The van der Waals surface area contributed by atoms with E-state index in [9.17, 15) is 0 Å². The lowest BCUT2D eigenvalue weighted by Gasteiger charge is -2.23. The minimum Gasteiger partial charge on any atom is -0.314 e. The third-order valence-corrected chi connectivity index (χ3v) is 2.65. The van der Waals surface area contributed by atoms with Gasteiger partial charge in [0.15, 0.2) is 0 Å². The van der Waals surface area contributed by atoms with Crippen LogP contribution >= 0.6 is 0 Å². The van der Waals surface area contributed by atoms with Crippen LogP contribution < -0.4 is 0 Å². The van der Waals surface area contributed by atoms with Crippen LogP contribution in [-0.4, -0.2) is 30.1 Å². The molecule has 1 rings (SSSR count). The highest BCUT2D eigenvalue weighted by Gasteiger charge is 2.20. The van der Waals surface area contributed by atoms with Crippen molar-refractivity contribution < 1.29 is 0 Å². The number of likely N-dealkylation sites (tertiary alicyclic amines) is 1. The highest BCUT2D eigenvalue weighted by molar-refractivity contribution is 4.83. The highest BCUT2D eigenvalue weighted by Crippen LogP contribution is 2.15. The summed E-state index contributed by atoms with van der Waals surface area (Å²) in [6, 6.07) is 0.947. The Hall–Kier alpha value is -0.550. The molecule has 12 heavy (non-hydrogen) atoms. The summed E-state index contributed by atoms with van der Waals surface area (Å²) in [4.78, 5) is 6.10. The third kappa shape index (κ3) is 2.49. The van der Waals surface area contributed by atoms with Crippen LogP contribution in [0.5, 0.6) is 0 Å². The standard InChI is InChI=1S/C10H18N2/c1-9(2)12-7-4-5-10(11-3)6-8-12/h9-10H,4-8H2,1-2H3. The molecule has 0 bridgehead atoms. The Kier molecular flexibility index (Phi) is 3.55. The molecule has 2 nitrogen and oxygen atoms in total. The Balaban J connectivity index is 2.40. The molecule has 0 aliphatic carbocycles. The van der Waals surface area contributed by atoms with E-state index in [1.54, 1.807) is 0 Å². The van der Waals surface area contributed by atoms with E-state index < -0.39 is 0 Å². The Morgan fingerprint density at radius 3 is 2.67 bits per heavy atom. The van der Waals surface area contributed by atoms with Crippen LogP contribution in [0.25, 0.3) is 4.85 Å². The van der Waals surface area contributed by atoms with Crippen molar-refractivity contribution in [1.82, 2.24) is 4.90 Å². The van der Waals surface area contributed by atoms with E-state index in [0.29, 0.717) is 12.1 Å². The van der Waals surface area contributed by atoms with Gasteiger partial charge in [0.05, 0.1) is 0 Å². The molecule has 2 heteroatoms. The van der Waals surface area contributed by atoms with Gasteiger partial charge in [-0.15, -0.1) is 0 Å². The predicted octanol–water partition coefficient (Wildman–Crippen LogP) is 2.17. The molecule has 1 atom stereocenters. The van der Waals surface area contributed by atoms with Gasteiger partial charge < -0.3 is 9.74 Å². The first-order valence-electron chi connectivity index (χ1n) is 4.84. The zero-order valence-corrected chi connectivity index (χ0v) is 8.08. The van der Waals surface area contributed by atoms with Crippen molar-refractivity contribution in [3.05, 3.63) is 11.4 Å². The van der Waals surface area contributed by atoms with Gasteiger partial charge in [-0.25, -0.2) is 6.57 Å². The fourth-order valence-electron chi connectivity index (χ4n) is 1.75. The van der Waals surface area contributed by atoms with E-state index in [0.717, 1.165) is 19.4 Å². The first-order valence-corrected chi connectivity index (χ1v) is 4.84. The molecule has 1 heterocycles. The van der Waals surface area contributed by atoms with E-state index in [-0.39, 0.29) is 0 Å². The summed E-state index contributed by atoms with van der Waals surface area (Å²) in [5, 5.41) is 0. The van der Waals surface area contributed by atoms with E-state index in [1.165, 1.54) is 13.0 Å². The average Bonchev–Trinajstić information content (AvgIpc) is 2.28. The van der Waals surface area contributed by atoms with Gasteiger partial charge in [0, 0.05) is 25.4 Å². The summed E-state index contributed by atoms with van der Waals surface area (Å²) in [5.74, 6) is 0. The lowest BCUT2D eigenvalue weighted by atomic mass is 10.1. The van der Waals surface area contributed by atoms with Crippen LogP contribution in [-0.2, 0) is 0 Å². The molecule has 0 aromatic heterocycles. The zero-order chi connectivity index (χ0) is 8.97. The molecule has 0 N–H and O–H groups in total. The zero-order valence-electron chi connectivity index (χ0n) is 8.08. The normalized spacial score (nSPS) is 26.7. The van der Waals surface area contributed by atoms with Crippen LogP contribution in [0.3, 0.4) is 0 Å². The molecule has 68 valence electrons. The number of hydrogen-bond acceptors (Lipinski definition) is 1. The second-order valence-electron chi connectivity index (χ2n) is 3.84. The SMILES string of the molecule is [C-]#[N+]C1CCCN(C(C)C)CC1. The van der Waals surface area contributed by atoms with Crippen LogP contribution in [0.1, 0.15) is 33.1 Å². The summed E-state index contributed by atoms with van der Waals surface area (Å²) >= 11 is 0. The third-order valence-electron chi connectivity index (χ3n) is 2.65. The quantitative estimate of drug-likeness (QED) is 0.542. The van der Waals surface area contributed by atoms with Crippen molar-refractivity contribution in [2.75, 3.05) is 13.1 Å². The van der Waals surface area contributed by atoms with Crippen molar-refractivity contribution in [2.24, 2.45) is 0 Å². The molecular weight excluding hydrogens is 148 g/mol. The molecule has 1 fully saturated rings. The van der Waals surface area contributed by atoms with Crippen LogP contribution in [0.2, 0.25) is 0 Å². The van der Waals surface area contributed by atoms with Crippen molar-refractivity contribution in [1.29, 1.82) is 0 Å². The lowest BCUT2D eigenvalue weighted by Crippen LogP contribution is -2.31. The molecule has 1 unspecified atom stereocenters. The Bertz CT molecular complexity index is 169. The summed E-state index contributed by atoms with van der Waals surface area (Å²) in [6.07, 6.45) is 3.37. The van der Waals surface area contributed by atoms with Gasteiger partial charge in [-0.3, -0.25) is 0 Å². The van der Waals surface area contributed by atoms with Crippen LogP contribution in [0.4, 0.5) is 0 Å². The van der Waals surface area contributed by atoms with E-state index >= 15 is 0 Å². The molecule has 1 aliphatic rings. The molecule has 1 saturated heterocycles. The van der Waals surface area contributed by atoms with E-state index in [4.69, 9.17) is 6.57 Å². The van der Waals surface area contributed by atoms with E-state index in [2.05, 4.69) is 23.6 Å². The largest absolute Gasteiger partial charge is 0.314 e. The number of nitrogens with zero attached hydrogens (tertiary/aromatic N) is 2. The maximum Gasteiger partial charge on any atom is 0.225 e. The minimum atomic E-state index is 0.300. The Morgan fingerprint density at radius 2 is 2.08 bits per heavy atom. The van der Waals surface area contributed by atoms with Gasteiger partial charge in [0.25, 0.3) is 0 Å². The van der Waals surface area contributed by atoms with Crippen molar-refractivity contribution in [3.63, 3.8) is 0 Å². The fourth-order valence-corrected chi connectivity index (χ4v) is 1.75. The molecular formula is C10H18N2. The first kappa shape index (κ1) is 9.54. The molecule has 0 radical (unpaired) electrons. The summed E-state index contributed by atoms with van der Waals surface area (Å²) in [5.41, 5.74) is 0. The fraction of sp³-hybridized carbons (Fsp3) is 0.900. The minimum absolute atomic E-state index is 0.300. The smallest absolute Gasteiger partial charge is 0.225 e. The molecule has 0 aromatic carbocycles. The summed E-state index contributed by atoms with van der Waals surface area (Å²) in [6.45, 7) is 13.7. The molecule has 0 saturated carbocycles. The number of hydrogen-bond donors (Lipinski definition) is 0. The molecule has 0 aromatic rings. The molecule has 1 aliphatic heterocycles. The van der Waals surface area contributed by atoms with Crippen molar-refractivity contribution in [2.45, 2.75) is 45.2 Å². The predicted molar refractivity (Wildman–Crippen MR) is 51.0 cm³/mol. The van der Waals surface area contributed by atoms with E-state index in [1.807, 2.05) is 0 Å². The van der Waals surface area contributed by atoms with Gasteiger partial charge in [0.2, 0.25) is 6.04 Å². The van der Waals surface area contributed by atoms with Crippen molar-refractivity contribution in [3.8, 4) is 0 Å². The van der Waals surface area contributed by atoms with Gasteiger partial charge >= 0.3 is 0 Å². The molecule has 0 amide bonds. The molecule has 0 spiro atoms. The van der Waals surface area contributed by atoms with Crippen LogP contribution in [0.15, 0.2) is 0 Å². The maximum atomic E-state index is 6.97. The average molecular weight is 166 g/mol. The van der Waals surface area contributed by atoms with Crippen LogP contribution in [0, 0.1) is 6.57 Å². The maximum absolute atomic E-state index is 6.97. The number of rotatable bonds is 1. The van der Waals surface area contributed by atoms with Gasteiger partial charge in [-0.05, 0) is 26.8 Å².